The molecule has 102 valence electrons. The van der Waals surface area contributed by atoms with Crippen molar-refractivity contribution >= 4 is 5.97 Å². The van der Waals surface area contributed by atoms with Gasteiger partial charge >= 0.3 is 0 Å². The first-order valence-electron chi connectivity index (χ1n) is 6.05. The van der Waals surface area contributed by atoms with Gasteiger partial charge < -0.3 is 19.7 Å². The second-order valence-electron chi connectivity index (χ2n) is 4.34. The molecular formula is C12H24O5. The lowest BCUT2D eigenvalue weighted by atomic mass is 10.1. The normalized spacial score (nSPS) is 27.4. The van der Waals surface area contributed by atoms with Crippen LogP contribution in [0, 0.1) is 0 Å². The zero-order valence-corrected chi connectivity index (χ0v) is 10.9. The molecular weight excluding hydrogens is 224 g/mol. The molecule has 1 rings (SSSR count). The smallest absolute Gasteiger partial charge is 0.300 e. The zero-order valence-electron chi connectivity index (χ0n) is 10.9. The van der Waals surface area contributed by atoms with Crippen LogP contribution in [0.15, 0.2) is 0 Å². The number of hydrogen-bond acceptors (Lipinski definition) is 4. The predicted octanol–water partition coefficient (Wildman–Crippen LogP) is 1.78. The molecule has 2 unspecified atom stereocenters. The molecule has 0 aromatic carbocycles. The van der Waals surface area contributed by atoms with Crippen LogP contribution < -0.4 is 0 Å². The first-order valence-corrected chi connectivity index (χ1v) is 6.05. The van der Waals surface area contributed by atoms with E-state index in [-0.39, 0.29) is 12.7 Å². The highest BCUT2D eigenvalue weighted by atomic mass is 16.7. The molecule has 5 nitrogen and oxygen atoms in total. The lowest BCUT2D eigenvalue weighted by Gasteiger charge is -2.22. The largest absolute Gasteiger partial charge is 0.481 e. The van der Waals surface area contributed by atoms with E-state index in [4.69, 9.17) is 24.5 Å². The maximum absolute atomic E-state index is 9.00. The van der Waals surface area contributed by atoms with E-state index in [0.717, 1.165) is 19.8 Å². The van der Waals surface area contributed by atoms with Crippen LogP contribution in [0.3, 0.4) is 0 Å². The van der Waals surface area contributed by atoms with Crippen molar-refractivity contribution in [1.29, 1.82) is 0 Å². The van der Waals surface area contributed by atoms with Crippen LogP contribution in [0.1, 0.15) is 46.5 Å². The molecule has 0 aromatic rings. The molecule has 2 N–H and O–H groups in total. The van der Waals surface area contributed by atoms with E-state index >= 15 is 0 Å². The number of hydrogen-bond donors (Lipinski definition) is 2. The van der Waals surface area contributed by atoms with Gasteiger partial charge in [-0.3, -0.25) is 4.79 Å². The van der Waals surface area contributed by atoms with E-state index in [1.807, 2.05) is 6.92 Å². The SMILES string of the molecule is CC(=O)O.CCCCCC1(C)OCC(CO)O1. The van der Waals surface area contributed by atoms with Gasteiger partial charge in [-0.25, -0.2) is 0 Å². The molecule has 0 aliphatic carbocycles. The lowest BCUT2D eigenvalue weighted by Crippen LogP contribution is -2.27. The number of carboxylic acid groups (broad SMARTS) is 1. The Morgan fingerprint density at radius 3 is 2.47 bits per heavy atom. The van der Waals surface area contributed by atoms with Crippen LogP contribution >= 0.6 is 0 Å². The van der Waals surface area contributed by atoms with E-state index in [1.54, 1.807) is 0 Å². The molecule has 0 spiro atoms. The van der Waals surface area contributed by atoms with Gasteiger partial charge in [-0.05, 0) is 13.3 Å². The molecule has 5 heteroatoms. The van der Waals surface area contributed by atoms with Gasteiger partial charge in [-0.1, -0.05) is 19.8 Å². The molecule has 17 heavy (non-hydrogen) atoms. The lowest BCUT2D eigenvalue weighted by molar-refractivity contribution is -0.162. The second-order valence-corrected chi connectivity index (χ2v) is 4.34. The topological polar surface area (TPSA) is 76.0 Å². The Bertz CT molecular complexity index is 215. The van der Waals surface area contributed by atoms with E-state index < -0.39 is 11.8 Å². The molecule has 0 bridgehead atoms. The quantitative estimate of drug-likeness (QED) is 0.725. The summed E-state index contributed by atoms with van der Waals surface area (Å²) in [5, 5.41) is 16.3. The summed E-state index contributed by atoms with van der Waals surface area (Å²) in [6.07, 6.45) is 4.36. The molecule has 1 heterocycles. The van der Waals surface area contributed by atoms with Crippen LogP contribution in [0.4, 0.5) is 0 Å². The molecule has 0 radical (unpaired) electrons. The zero-order chi connectivity index (χ0) is 13.3. The van der Waals surface area contributed by atoms with E-state index in [0.29, 0.717) is 6.61 Å². The Morgan fingerprint density at radius 1 is 1.47 bits per heavy atom. The van der Waals surface area contributed by atoms with E-state index in [9.17, 15) is 0 Å². The first-order chi connectivity index (χ1) is 7.93. The average Bonchev–Trinajstić information content (AvgIpc) is 2.60. The van der Waals surface area contributed by atoms with Crippen molar-refractivity contribution in [2.45, 2.75) is 58.3 Å². The molecule has 0 aromatic heterocycles. The maximum Gasteiger partial charge on any atom is 0.300 e. The third-order valence-electron chi connectivity index (χ3n) is 2.43. The number of rotatable bonds is 5. The van der Waals surface area contributed by atoms with Crippen molar-refractivity contribution in [1.82, 2.24) is 0 Å². The highest BCUT2D eigenvalue weighted by Gasteiger charge is 2.35. The number of aliphatic carboxylic acids is 1. The second kappa shape index (κ2) is 8.44. The van der Waals surface area contributed by atoms with Gasteiger partial charge in [0.25, 0.3) is 5.97 Å². The highest BCUT2D eigenvalue weighted by Crippen LogP contribution is 2.28. The molecule has 1 saturated heterocycles. The van der Waals surface area contributed by atoms with Gasteiger partial charge in [0.05, 0.1) is 13.2 Å². The Morgan fingerprint density at radius 2 is 2.06 bits per heavy atom. The van der Waals surface area contributed by atoms with Gasteiger partial charge in [0.1, 0.15) is 6.10 Å². The average molecular weight is 248 g/mol. The molecule has 1 aliphatic rings. The van der Waals surface area contributed by atoms with Crippen molar-refractivity contribution in [2.24, 2.45) is 0 Å². The molecule has 1 aliphatic heterocycles. The summed E-state index contributed by atoms with van der Waals surface area (Å²) in [5.41, 5.74) is 0. The standard InChI is InChI=1S/C10H20O3.C2H4O2/c1-3-4-5-6-10(2)12-8-9(7-11)13-10;1-2(3)4/h9,11H,3-8H2,1-2H3;1H3,(H,3,4). The van der Waals surface area contributed by atoms with Crippen molar-refractivity contribution < 1.29 is 24.5 Å². The van der Waals surface area contributed by atoms with Gasteiger partial charge in [0, 0.05) is 13.3 Å². The Hall–Kier alpha value is -0.650. The van der Waals surface area contributed by atoms with Gasteiger partial charge in [0.2, 0.25) is 0 Å². The summed E-state index contributed by atoms with van der Waals surface area (Å²) in [5.74, 6) is -1.28. The van der Waals surface area contributed by atoms with Crippen molar-refractivity contribution in [3.8, 4) is 0 Å². The first kappa shape index (κ1) is 16.4. The minimum Gasteiger partial charge on any atom is -0.481 e. The summed E-state index contributed by atoms with van der Waals surface area (Å²) in [6, 6.07) is 0. The summed E-state index contributed by atoms with van der Waals surface area (Å²) in [7, 11) is 0. The Labute approximate surface area is 103 Å². The fourth-order valence-electron chi connectivity index (χ4n) is 1.61. The summed E-state index contributed by atoms with van der Waals surface area (Å²) in [6.45, 7) is 5.80. The Kier molecular flexibility index (Phi) is 8.12. The third-order valence-corrected chi connectivity index (χ3v) is 2.43. The van der Waals surface area contributed by atoms with Crippen LogP contribution in [0.2, 0.25) is 0 Å². The number of carbonyl (C=O) groups is 1. The van der Waals surface area contributed by atoms with E-state index in [2.05, 4.69) is 6.92 Å². The van der Waals surface area contributed by atoms with Crippen LogP contribution in [-0.4, -0.2) is 41.3 Å². The Balaban J connectivity index is 0.000000557. The fraction of sp³-hybridized carbons (Fsp3) is 0.917. The van der Waals surface area contributed by atoms with Crippen LogP contribution in [-0.2, 0) is 14.3 Å². The number of ether oxygens (including phenoxy) is 2. The third kappa shape index (κ3) is 8.12. The van der Waals surface area contributed by atoms with Crippen molar-refractivity contribution in [2.75, 3.05) is 13.2 Å². The maximum atomic E-state index is 9.00. The predicted molar refractivity (Wildman–Crippen MR) is 63.8 cm³/mol. The van der Waals surface area contributed by atoms with Gasteiger partial charge in [0.15, 0.2) is 5.79 Å². The van der Waals surface area contributed by atoms with Gasteiger partial charge in [-0.2, -0.15) is 0 Å². The van der Waals surface area contributed by atoms with Crippen LogP contribution in [0.25, 0.3) is 0 Å². The number of carboxylic acids is 1. The summed E-state index contributed by atoms with van der Waals surface area (Å²) < 4.78 is 11.1. The highest BCUT2D eigenvalue weighted by molar-refractivity contribution is 5.62. The molecule has 0 amide bonds. The summed E-state index contributed by atoms with van der Waals surface area (Å²) >= 11 is 0. The minimum atomic E-state index is -0.833. The van der Waals surface area contributed by atoms with E-state index in [1.165, 1.54) is 12.8 Å². The number of aliphatic hydroxyl groups excluding tert-OH is 1. The molecule has 2 atom stereocenters. The minimum absolute atomic E-state index is 0.0589. The summed E-state index contributed by atoms with van der Waals surface area (Å²) in [4.78, 5) is 9.00. The van der Waals surface area contributed by atoms with Crippen molar-refractivity contribution in [3.63, 3.8) is 0 Å². The fourth-order valence-corrected chi connectivity index (χ4v) is 1.61. The number of aliphatic hydroxyl groups is 1. The molecule has 1 fully saturated rings. The van der Waals surface area contributed by atoms with Crippen LogP contribution in [0.5, 0.6) is 0 Å². The number of unbranched alkanes of at least 4 members (excludes halogenated alkanes) is 2. The van der Waals surface area contributed by atoms with Gasteiger partial charge in [-0.15, -0.1) is 0 Å². The monoisotopic (exact) mass is 248 g/mol. The molecule has 0 saturated carbocycles. The van der Waals surface area contributed by atoms with Crippen molar-refractivity contribution in [3.05, 3.63) is 0 Å².